The van der Waals surface area contributed by atoms with Gasteiger partial charge in [0.1, 0.15) is 0 Å². The van der Waals surface area contributed by atoms with E-state index in [9.17, 15) is 9.59 Å². The number of nitrogens with zero attached hydrogens (tertiary/aromatic N) is 1. The standard InChI is InChI=1S/C15H17NO2S2/c1-2-16(11-12-5-3-9-19-12)15(18)8-7-13(17)14-6-4-10-20-14/h3-6,9-10H,2,7-8,11H2,1H3. The summed E-state index contributed by atoms with van der Waals surface area (Å²) in [6.45, 7) is 3.27. The molecule has 0 N–H and O–H groups in total. The van der Waals surface area contributed by atoms with Gasteiger partial charge in [0.25, 0.3) is 0 Å². The molecule has 0 unspecified atom stereocenters. The summed E-state index contributed by atoms with van der Waals surface area (Å²) in [5, 5.41) is 3.89. The van der Waals surface area contributed by atoms with Crippen LogP contribution in [0.25, 0.3) is 0 Å². The van der Waals surface area contributed by atoms with E-state index in [0.717, 1.165) is 4.88 Å². The average molecular weight is 307 g/mol. The Hall–Kier alpha value is -1.46. The lowest BCUT2D eigenvalue weighted by atomic mass is 10.2. The third-order valence-electron chi connectivity index (χ3n) is 3.02. The Morgan fingerprint density at radius 1 is 1.10 bits per heavy atom. The van der Waals surface area contributed by atoms with E-state index in [1.54, 1.807) is 22.3 Å². The quantitative estimate of drug-likeness (QED) is 0.729. The van der Waals surface area contributed by atoms with E-state index in [1.165, 1.54) is 16.2 Å². The molecule has 0 saturated carbocycles. The van der Waals surface area contributed by atoms with Gasteiger partial charge in [-0.15, -0.1) is 22.7 Å². The molecule has 3 nitrogen and oxygen atoms in total. The Morgan fingerprint density at radius 3 is 2.45 bits per heavy atom. The van der Waals surface area contributed by atoms with Gasteiger partial charge in [-0.25, -0.2) is 0 Å². The fourth-order valence-corrected chi connectivity index (χ4v) is 3.32. The second-order valence-electron chi connectivity index (χ2n) is 4.39. The van der Waals surface area contributed by atoms with Crippen LogP contribution in [0.15, 0.2) is 35.0 Å². The van der Waals surface area contributed by atoms with Crippen molar-refractivity contribution in [2.24, 2.45) is 0 Å². The molecular formula is C15H17NO2S2. The van der Waals surface area contributed by atoms with Crippen LogP contribution < -0.4 is 0 Å². The molecule has 2 heterocycles. The Labute approximate surface area is 126 Å². The van der Waals surface area contributed by atoms with Gasteiger partial charge in [0.2, 0.25) is 5.91 Å². The Balaban J connectivity index is 1.85. The number of rotatable bonds is 7. The van der Waals surface area contributed by atoms with Crippen molar-refractivity contribution < 1.29 is 9.59 Å². The summed E-state index contributed by atoms with van der Waals surface area (Å²) in [6.07, 6.45) is 0.580. The average Bonchev–Trinajstić information content (AvgIpc) is 3.14. The van der Waals surface area contributed by atoms with Gasteiger partial charge >= 0.3 is 0 Å². The minimum absolute atomic E-state index is 0.0470. The largest absolute Gasteiger partial charge is 0.338 e. The van der Waals surface area contributed by atoms with Crippen LogP contribution in [0.4, 0.5) is 0 Å². The first-order chi connectivity index (χ1) is 9.70. The number of carbonyl (C=O) groups is 2. The molecule has 5 heteroatoms. The minimum Gasteiger partial charge on any atom is -0.338 e. The van der Waals surface area contributed by atoms with Crippen LogP contribution in [0.1, 0.15) is 34.3 Å². The van der Waals surface area contributed by atoms with E-state index in [1.807, 2.05) is 35.9 Å². The van der Waals surface area contributed by atoms with Gasteiger partial charge in [-0.2, -0.15) is 0 Å². The highest BCUT2D eigenvalue weighted by Crippen LogP contribution is 2.15. The van der Waals surface area contributed by atoms with Crippen LogP contribution >= 0.6 is 22.7 Å². The van der Waals surface area contributed by atoms with Crippen molar-refractivity contribution in [3.63, 3.8) is 0 Å². The molecule has 0 bridgehead atoms. The maximum absolute atomic E-state index is 12.2. The zero-order valence-electron chi connectivity index (χ0n) is 11.4. The molecule has 0 aliphatic rings. The van der Waals surface area contributed by atoms with E-state index in [-0.39, 0.29) is 18.1 Å². The maximum atomic E-state index is 12.2. The van der Waals surface area contributed by atoms with E-state index in [2.05, 4.69) is 0 Å². The zero-order chi connectivity index (χ0) is 14.4. The SMILES string of the molecule is CCN(Cc1cccs1)C(=O)CCC(=O)c1cccs1. The van der Waals surface area contributed by atoms with E-state index in [4.69, 9.17) is 0 Å². The molecule has 0 atom stereocenters. The summed E-state index contributed by atoms with van der Waals surface area (Å²) < 4.78 is 0. The molecule has 0 aromatic carbocycles. The fraction of sp³-hybridized carbons (Fsp3) is 0.333. The predicted molar refractivity (Wildman–Crippen MR) is 83.3 cm³/mol. The molecule has 0 aliphatic carbocycles. The first-order valence-electron chi connectivity index (χ1n) is 6.57. The van der Waals surface area contributed by atoms with Crippen LogP contribution in [0.3, 0.4) is 0 Å². The minimum atomic E-state index is 0.0470. The lowest BCUT2D eigenvalue weighted by molar-refractivity contribution is -0.131. The van der Waals surface area contributed by atoms with E-state index >= 15 is 0 Å². The summed E-state index contributed by atoms with van der Waals surface area (Å²) in [7, 11) is 0. The van der Waals surface area contributed by atoms with Crippen LogP contribution in [0, 0.1) is 0 Å². The third-order valence-corrected chi connectivity index (χ3v) is 4.80. The summed E-state index contributed by atoms with van der Waals surface area (Å²) in [5.41, 5.74) is 0. The van der Waals surface area contributed by atoms with Gasteiger partial charge in [-0.1, -0.05) is 12.1 Å². The molecule has 2 aromatic heterocycles. The monoisotopic (exact) mass is 307 g/mol. The van der Waals surface area contributed by atoms with Gasteiger partial charge in [-0.05, 0) is 29.8 Å². The number of Topliss-reactive ketones (excluding diaryl/α,β-unsaturated/α-hetero) is 1. The summed E-state index contributed by atoms with van der Waals surface area (Å²) in [6, 6.07) is 7.67. The van der Waals surface area contributed by atoms with Gasteiger partial charge in [0.05, 0.1) is 11.4 Å². The lowest BCUT2D eigenvalue weighted by Gasteiger charge is -2.19. The first kappa shape index (κ1) is 14.9. The second kappa shape index (κ2) is 7.36. The number of thiophene rings is 2. The molecule has 0 spiro atoms. The second-order valence-corrected chi connectivity index (χ2v) is 6.37. The Kier molecular flexibility index (Phi) is 5.49. The van der Waals surface area contributed by atoms with Crippen LogP contribution in [-0.4, -0.2) is 23.1 Å². The van der Waals surface area contributed by atoms with Crippen molar-refractivity contribution in [1.29, 1.82) is 0 Å². The van der Waals surface area contributed by atoms with Crippen LogP contribution in [0.5, 0.6) is 0 Å². The van der Waals surface area contributed by atoms with Gasteiger partial charge in [0.15, 0.2) is 5.78 Å². The number of hydrogen-bond acceptors (Lipinski definition) is 4. The normalized spacial score (nSPS) is 10.4. The zero-order valence-corrected chi connectivity index (χ0v) is 13.0. The smallest absolute Gasteiger partial charge is 0.223 e. The highest BCUT2D eigenvalue weighted by Gasteiger charge is 2.15. The van der Waals surface area contributed by atoms with Crippen molar-refractivity contribution in [2.75, 3.05) is 6.54 Å². The van der Waals surface area contributed by atoms with Crippen molar-refractivity contribution in [1.82, 2.24) is 4.90 Å². The highest BCUT2D eigenvalue weighted by atomic mass is 32.1. The van der Waals surface area contributed by atoms with Gasteiger partial charge in [-0.3, -0.25) is 9.59 Å². The third kappa shape index (κ3) is 4.02. The molecule has 2 rings (SSSR count). The number of hydrogen-bond donors (Lipinski definition) is 0. The fourth-order valence-electron chi connectivity index (χ4n) is 1.91. The lowest BCUT2D eigenvalue weighted by Crippen LogP contribution is -2.30. The number of amides is 1. The predicted octanol–water partition coefficient (Wildman–Crippen LogP) is 3.82. The molecule has 1 amide bonds. The van der Waals surface area contributed by atoms with Gasteiger partial charge < -0.3 is 4.90 Å². The molecular weight excluding hydrogens is 290 g/mol. The van der Waals surface area contributed by atoms with Crippen LogP contribution in [-0.2, 0) is 11.3 Å². The molecule has 106 valence electrons. The van der Waals surface area contributed by atoms with E-state index < -0.39 is 0 Å². The molecule has 0 saturated heterocycles. The van der Waals surface area contributed by atoms with Crippen molar-refractivity contribution in [3.8, 4) is 0 Å². The van der Waals surface area contributed by atoms with Crippen molar-refractivity contribution in [2.45, 2.75) is 26.3 Å². The molecule has 0 radical (unpaired) electrons. The molecule has 20 heavy (non-hydrogen) atoms. The van der Waals surface area contributed by atoms with Crippen LogP contribution in [0.2, 0.25) is 0 Å². The summed E-state index contributed by atoms with van der Waals surface area (Å²) >= 11 is 3.08. The number of ketones is 1. The van der Waals surface area contributed by atoms with Gasteiger partial charge in [0, 0.05) is 24.3 Å². The van der Waals surface area contributed by atoms with E-state index in [0.29, 0.717) is 19.5 Å². The molecule has 2 aromatic rings. The van der Waals surface area contributed by atoms with Crippen molar-refractivity contribution >= 4 is 34.4 Å². The molecule has 0 fully saturated rings. The number of carbonyl (C=O) groups excluding carboxylic acids is 2. The van der Waals surface area contributed by atoms with Crippen molar-refractivity contribution in [3.05, 3.63) is 44.8 Å². The maximum Gasteiger partial charge on any atom is 0.223 e. The Morgan fingerprint density at radius 2 is 1.85 bits per heavy atom. The topological polar surface area (TPSA) is 37.4 Å². The summed E-state index contributed by atoms with van der Waals surface area (Å²) in [5.74, 6) is 0.103. The Bertz CT molecular complexity index is 546. The molecule has 0 aliphatic heterocycles. The highest BCUT2D eigenvalue weighted by molar-refractivity contribution is 7.12. The first-order valence-corrected chi connectivity index (χ1v) is 8.33. The summed E-state index contributed by atoms with van der Waals surface area (Å²) in [4.78, 5) is 27.7.